The van der Waals surface area contributed by atoms with E-state index in [1.165, 1.54) is 0 Å². The number of aromatic nitrogens is 6. The average Bonchev–Trinajstić information content (AvgIpc) is 4.00. The third kappa shape index (κ3) is 14.1. The second kappa shape index (κ2) is 24.3. The number of carbonyl (C=O) groups is 2. The second-order valence-corrected chi connectivity index (χ2v) is 16.7. The predicted octanol–water partition coefficient (Wildman–Crippen LogP) is 8.04. The number of carboxylic acids is 2. The highest BCUT2D eigenvalue weighted by atomic mass is 79.9. The number of ether oxygens (including phenoxy) is 4. The summed E-state index contributed by atoms with van der Waals surface area (Å²) in [5.41, 5.74) is 9.73. The molecule has 0 atom stereocenters. The maximum Gasteiger partial charge on any atom is 0.303 e. The summed E-state index contributed by atoms with van der Waals surface area (Å²) in [6.07, 6.45) is 5.81. The quantitative estimate of drug-likeness (QED) is 0.0269. The zero-order chi connectivity index (χ0) is 45.3. The van der Waals surface area contributed by atoms with Crippen LogP contribution in [0, 0.1) is 13.8 Å². The van der Waals surface area contributed by atoms with Gasteiger partial charge in [-0.15, -0.1) is 0 Å². The molecule has 6 N–H and O–H groups in total. The topological polar surface area (TPSA) is 219 Å². The van der Waals surface area contributed by atoms with Crippen molar-refractivity contribution in [3.8, 4) is 34.6 Å². The molecule has 0 fully saturated rings. The largest absolute Gasteiger partial charge is 0.481 e. The van der Waals surface area contributed by atoms with Gasteiger partial charge in [0.15, 0.2) is 0 Å². The Hall–Kier alpha value is -5.82. The molecule has 0 aliphatic carbocycles. The SMILES string of the molecule is Cc1c(COc2nc(OCCc3ccn[nH]3)c(CNCCCC(=O)O)cc2Br)cccc1-c1cccc(COc2nc(OCCc3ccn[nH]3)c(CNCCCC(=O)O)cc2Br)c1C. The van der Waals surface area contributed by atoms with Gasteiger partial charge in [-0.25, -0.2) is 0 Å². The molecule has 2 aromatic carbocycles. The van der Waals surface area contributed by atoms with Gasteiger partial charge in [0, 0.05) is 73.7 Å². The fourth-order valence-electron chi connectivity index (χ4n) is 6.79. The Balaban J connectivity index is 1.14. The average molecular weight is 1000 g/mol. The van der Waals surface area contributed by atoms with Crippen LogP contribution in [0.15, 0.2) is 82.0 Å². The van der Waals surface area contributed by atoms with Gasteiger partial charge in [0.2, 0.25) is 23.5 Å². The summed E-state index contributed by atoms with van der Waals surface area (Å²) < 4.78 is 26.4. The van der Waals surface area contributed by atoms with Crippen molar-refractivity contribution in [1.82, 2.24) is 41.0 Å². The van der Waals surface area contributed by atoms with E-state index in [1.54, 1.807) is 12.4 Å². The Morgan fingerprint density at radius 1 is 0.609 bits per heavy atom. The fraction of sp³-hybridized carbons (Fsp3) is 0.348. The molecule has 4 aromatic heterocycles. The molecule has 0 unspecified atom stereocenters. The molecule has 0 radical (unpaired) electrons. The van der Waals surface area contributed by atoms with Crippen LogP contribution < -0.4 is 29.6 Å². The minimum Gasteiger partial charge on any atom is -0.481 e. The van der Waals surface area contributed by atoms with E-state index in [2.05, 4.69) is 88.9 Å². The Bertz CT molecular complexity index is 2280. The molecule has 16 nitrogen and oxygen atoms in total. The van der Waals surface area contributed by atoms with Crippen molar-refractivity contribution in [1.29, 1.82) is 0 Å². The molecule has 4 heterocycles. The van der Waals surface area contributed by atoms with Crippen LogP contribution in [-0.2, 0) is 48.7 Å². The molecule has 18 heteroatoms. The fourth-order valence-corrected chi connectivity index (χ4v) is 7.75. The minimum atomic E-state index is -0.826. The standard InChI is InChI=1S/C46H52Br2N8O8/c1-29-31(27-63-45-39(47)23-33(25-49-17-5-11-41(57)58)43(53-45)61-21-15-35-13-19-51-55-35)7-3-9-37(29)38-10-4-8-32(30(38)2)28-64-46-40(48)24-34(26-50-18-6-12-42(59)60)44(54-46)62-22-16-36-14-20-52-56-36/h3-4,7-10,13-14,19-20,23-24,49-50H,5-6,11-12,15-18,21-22,25-28H2,1-2H3,(H,51,55)(H,52,56)(H,57,58)(H,59,60). The monoisotopic (exact) mass is 1000 g/mol. The third-order valence-corrected chi connectivity index (χ3v) is 11.5. The van der Waals surface area contributed by atoms with E-state index in [4.69, 9.17) is 39.1 Å². The number of rotatable bonds is 27. The summed E-state index contributed by atoms with van der Waals surface area (Å²) in [6.45, 7) is 7.36. The molecule has 0 amide bonds. The minimum absolute atomic E-state index is 0.0903. The van der Waals surface area contributed by atoms with Crippen LogP contribution in [0.4, 0.5) is 0 Å². The first-order valence-electron chi connectivity index (χ1n) is 20.9. The molecule has 64 heavy (non-hydrogen) atoms. The number of nitrogens with zero attached hydrogens (tertiary/aromatic N) is 4. The highest BCUT2D eigenvalue weighted by molar-refractivity contribution is 9.10. The summed E-state index contributed by atoms with van der Waals surface area (Å²) in [7, 11) is 0. The van der Waals surface area contributed by atoms with Gasteiger partial charge in [-0.3, -0.25) is 19.8 Å². The Kier molecular flexibility index (Phi) is 18.1. The van der Waals surface area contributed by atoms with Gasteiger partial charge in [0.25, 0.3) is 0 Å². The van der Waals surface area contributed by atoms with Crippen LogP contribution in [0.25, 0.3) is 11.1 Å². The van der Waals surface area contributed by atoms with Gasteiger partial charge in [0.1, 0.15) is 13.2 Å². The molecule has 0 aliphatic rings. The van der Waals surface area contributed by atoms with Crippen LogP contribution in [-0.4, -0.2) is 78.8 Å². The normalized spacial score (nSPS) is 11.1. The smallest absolute Gasteiger partial charge is 0.303 e. The number of hydrogen-bond donors (Lipinski definition) is 6. The van der Waals surface area contributed by atoms with E-state index < -0.39 is 11.9 Å². The number of nitrogens with one attached hydrogen (secondary N) is 4. The first-order chi connectivity index (χ1) is 31.0. The molecule has 0 saturated carbocycles. The highest BCUT2D eigenvalue weighted by Gasteiger charge is 2.18. The summed E-state index contributed by atoms with van der Waals surface area (Å²) in [6, 6.07) is 20.0. The summed E-state index contributed by atoms with van der Waals surface area (Å²) in [4.78, 5) is 31.5. The molecule has 0 saturated heterocycles. The number of hydrogen-bond acceptors (Lipinski definition) is 12. The summed E-state index contributed by atoms with van der Waals surface area (Å²) in [5.74, 6) is -0.0215. The van der Waals surface area contributed by atoms with Crippen molar-refractivity contribution in [2.45, 2.75) is 78.7 Å². The zero-order valence-corrected chi connectivity index (χ0v) is 38.9. The number of H-pyrrole nitrogens is 2. The molecular weight excluding hydrogens is 952 g/mol. The Morgan fingerprint density at radius 3 is 1.44 bits per heavy atom. The van der Waals surface area contributed by atoms with Gasteiger partial charge >= 0.3 is 11.9 Å². The first kappa shape index (κ1) is 47.7. The van der Waals surface area contributed by atoms with E-state index in [-0.39, 0.29) is 26.1 Å². The lowest BCUT2D eigenvalue weighted by molar-refractivity contribution is -0.138. The molecule has 6 aromatic rings. The third-order valence-electron chi connectivity index (χ3n) is 10.3. The molecule has 0 aliphatic heterocycles. The number of aliphatic carboxylic acids is 2. The van der Waals surface area contributed by atoms with Crippen molar-refractivity contribution in [2.75, 3.05) is 26.3 Å². The number of benzene rings is 2. The number of aromatic amines is 2. The van der Waals surface area contributed by atoms with Crippen molar-refractivity contribution >= 4 is 43.8 Å². The van der Waals surface area contributed by atoms with E-state index in [0.29, 0.717) is 97.5 Å². The van der Waals surface area contributed by atoms with Crippen molar-refractivity contribution in [3.05, 3.63) is 127 Å². The Labute approximate surface area is 388 Å². The molecule has 6 rings (SSSR count). The molecule has 338 valence electrons. The van der Waals surface area contributed by atoms with Crippen molar-refractivity contribution < 1.29 is 38.7 Å². The lowest BCUT2D eigenvalue weighted by Gasteiger charge is -2.18. The van der Waals surface area contributed by atoms with Crippen molar-refractivity contribution in [2.24, 2.45) is 0 Å². The maximum absolute atomic E-state index is 11.0. The van der Waals surface area contributed by atoms with E-state index in [9.17, 15) is 9.59 Å². The van der Waals surface area contributed by atoms with Crippen molar-refractivity contribution in [3.63, 3.8) is 0 Å². The highest BCUT2D eigenvalue weighted by Crippen LogP contribution is 2.35. The van der Waals surface area contributed by atoms with Crippen LogP contribution >= 0.6 is 31.9 Å². The lowest BCUT2D eigenvalue weighted by atomic mass is 9.92. The predicted molar refractivity (Wildman–Crippen MR) is 247 cm³/mol. The lowest BCUT2D eigenvalue weighted by Crippen LogP contribution is -2.17. The van der Waals surface area contributed by atoms with E-state index >= 15 is 0 Å². The van der Waals surface area contributed by atoms with Gasteiger partial charge in [-0.2, -0.15) is 20.2 Å². The molecule has 0 bridgehead atoms. The number of halogens is 2. The van der Waals surface area contributed by atoms with Gasteiger partial charge in [0.05, 0.1) is 22.2 Å². The van der Waals surface area contributed by atoms with E-state index in [0.717, 1.165) is 55.9 Å². The molecule has 0 spiro atoms. The molecular formula is C46H52Br2N8O8. The van der Waals surface area contributed by atoms with Crippen LogP contribution in [0.3, 0.4) is 0 Å². The maximum atomic E-state index is 11.0. The van der Waals surface area contributed by atoms with Crippen LogP contribution in [0.5, 0.6) is 23.5 Å². The van der Waals surface area contributed by atoms with Gasteiger partial charge in [-0.05, 0) is 129 Å². The van der Waals surface area contributed by atoms with Gasteiger partial charge in [-0.1, -0.05) is 36.4 Å². The second-order valence-electron chi connectivity index (χ2n) is 14.9. The first-order valence-corrected chi connectivity index (χ1v) is 22.5. The summed E-state index contributed by atoms with van der Waals surface area (Å²) >= 11 is 7.31. The zero-order valence-electron chi connectivity index (χ0n) is 35.7. The van der Waals surface area contributed by atoms with E-state index in [1.807, 2.05) is 48.5 Å². The van der Waals surface area contributed by atoms with Crippen LogP contribution in [0.1, 0.15) is 70.5 Å². The number of carboxylic acid groups (broad SMARTS) is 2. The summed E-state index contributed by atoms with van der Waals surface area (Å²) in [5, 5.41) is 38.5. The Morgan fingerprint density at radius 2 is 1.05 bits per heavy atom. The van der Waals surface area contributed by atoms with Crippen LogP contribution in [0.2, 0.25) is 0 Å². The van der Waals surface area contributed by atoms with Gasteiger partial charge < -0.3 is 39.8 Å². The number of pyridine rings is 2.